The average Bonchev–Trinajstić information content (AvgIpc) is 2.06. The Balaban J connectivity index is 2.53. The molecule has 0 amide bonds. The van der Waals surface area contributed by atoms with Crippen molar-refractivity contribution in [3.63, 3.8) is 0 Å². The number of aliphatic hydroxyl groups excluding tert-OH is 1. The maximum atomic E-state index is 9.43. The summed E-state index contributed by atoms with van der Waals surface area (Å²) < 4.78 is 0. The molecule has 3 nitrogen and oxygen atoms in total. The van der Waals surface area contributed by atoms with Crippen LogP contribution in [0.15, 0.2) is 24.5 Å². The molecule has 0 bridgehead atoms. The zero-order chi connectivity index (χ0) is 8.97. The lowest BCUT2D eigenvalue weighted by molar-refractivity contribution is 0.151. The maximum Gasteiger partial charge on any atom is 0.0728 e. The van der Waals surface area contributed by atoms with Crippen LogP contribution in [0.1, 0.15) is 12.5 Å². The van der Waals surface area contributed by atoms with Crippen LogP contribution in [0.4, 0.5) is 0 Å². The molecule has 0 aliphatic carbocycles. The number of nitrogens with two attached hydrogens (primary N) is 1. The number of rotatable bonds is 3. The third-order valence-electron chi connectivity index (χ3n) is 1.80. The van der Waals surface area contributed by atoms with Crippen molar-refractivity contribution in [3.05, 3.63) is 30.1 Å². The summed E-state index contributed by atoms with van der Waals surface area (Å²) in [4.78, 5) is 3.88. The van der Waals surface area contributed by atoms with Crippen LogP contribution in [0.3, 0.4) is 0 Å². The van der Waals surface area contributed by atoms with Gasteiger partial charge in [-0.3, -0.25) is 4.98 Å². The number of pyridine rings is 1. The Hall–Kier alpha value is -0.930. The molecule has 2 unspecified atom stereocenters. The van der Waals surface area contributed by atoms with Crippen LogP contribution in [0.25, 0.3) is 0 Å². The van der Waals surface area contributed by atoms with E-state index in [9.17, 15) is 5.11 Å². The van der Waals surface area contributed by atoms with E-state index < -0.39 is 6.10 Å². The fourth-order valence-electron chi connectivity index (χ4n) is 0.946. The summed E-state index contributed by atoms with van der Waals surface area (Å²) in [6, 6.07) is 3.58. The molecule has 1 rings (SSSR count). The summed E-state index contributed by atoms with van der Waals surface area (Å²) in [5, 5.41) is 9.43. The van der Waals surface area contributed by atoms with E-state index in [1.54, 1.807) is 19.3 Å². The predicted molar refractivity (Wildman–Crippen MR) is 47.6 cm³/mol. The highest BCUT2D eigenvalue weighted by Crippen LogP contribution is 2.03. The van der Waals surface area contributed by atoms with E-state index in [1.807, 2.05) is 12.1 Å². The van der Waals surface area contributed by atoms with Gasteiger partial charge in [0.15, 0.2) is 0 Å². The fourth-order valence-corrected chi connectivity index (χ4v) is 0.946. The summed E-state index contributed by atoms with van der Waals surface area (Å²) in [5.41, 5.74) is 6.58. The van der Waals surface area contributed by atoms with E-state index in [4.69, 9.17) is 5.73 Å². The Morgan fingerprint density at radius 3 is 2.58 bits per heavy atom. The lowest BCUT2D eigenvalue weighted by atomic mass is 10.1. The molecule has 0 saturated carbocycles. The average molecular weight is 166 g/mol. The molecule has 1 aromatic rings. The number of nitrogens with zero attached hydrogens (tertiary/aromatic N) is 1. The van der Waals surface area contributed by atoms with Gasteiger partial charge in [0.2, 0.25) is 0 Å². The molecule has 12 heavy (non-hydrogen) atoms. The van der Waals surface area contributed by atoms with Gasteiger partial charge in [0.1, 0.15) is 0 Å². The van der Waals surface area contributed by atoms with Crippen LogP contribution in [-0.2, 0) is 6.42 Å². The molecule has 0 saturated heterocycles. The summed E-state index contributed by atoms with van der Waals surface area (Å²) in [6.07, 6.45) is 3.56. The van der Waals surface area contributed by atoms with Crippen LogP contribution in [0, 0.1) is 0 Å². The standard InChI is InChI=1S/C9H14N2O/c1-7(10)9(12)6-8-2-4-11-5-3-8/h2-5,7,9,12H,6,10H2,1H3. The lowest BCUT2D eigenvalue weighted by Crippen LogP contribution is -2.33. The highest BCUT2D eigenvalue weighted by molar-refractivity contribution is 5.11. The molecular weight excluding hydrogens is 152 g/mol. The molecule has 1 aromatic heterocycles. The molecule has 3 heteroatoms. The van der Waals surface area contributed by atoms with E-state index in [-0.39, 0.29) is 6.04 Å². The molecule has 3 N–H and O–H groups in total. The van der Waals surface area contributed by atoms with Gasteiger partial charge in [0.25, 0.3) is 0 Å². The van der Waals surface area contributed by atoms with Crippen molar-refractivity contribution in [2.45, 2.75) is 25.5 Å². The number of hydrogen-bond acceptors (Lipinski definition) is 3. The van der Waals surface area contributed by atoms with Crippen molar-refractivity contribution >= 4 is 0 Å². The van der Waals surface area contributed by atoms with Crippen LogP contribution >= 0.6 is 0 Å². The topological polar surface area (TPSA) is 59.1 Å². The van der Waals surface area contributed by atoms with Gasteiger partial charge in [0.05, 0.1) is 6.10 Å². The zero-order valence-corrected chi connectivity index (χ0v) is 7.14. The molecule has 0 radical (unpaired) electrons. The van der Waals surface area contributed by atoms with Crippen molar-refractivity contribution in [2.75, 3.05) is 0 Å². The Labute approximate surface area is 72.2 Å². The molecule has 0 aliphatic heterocycles. The lowest BCUT2D eigenvalue weighted by Gasteiger charge is -2.13. The summed E-state index contributed by atoms with van der Waals surface area (Å²) in [7, 11) is 0. The molecule has 2 atom stereocenters. The molecule has 66 valence electrons. The van der Waals surface area contributed by atoms with Gasteiger partial charge >= 0.3 is 0 Å². The van der Waals surface area contributed by atoms with Crippen LogP contribution in [-0.4, -0.2) is 22.2 Å². The van der Waals surface area contributed by atoms with Gasteiger partial charge in [-0.1, -0.05) is 0 Å². The van der Waals surface area contributed by atoms with E-state index in [0.29, 0.717) is 6.42 Å². The minimum Gasteiger partial charge on any atom is -0.391 e. The highest BCUT2D eigenvalue weighted by Gasteiger charge is 2.09. The second kappa shape index (κ2) is 4.18. The third kappa shape index (κ3) is 2.60. The number of aliphatic hydroxyl groups is 1. The van der Waals surface area contributed by atoms with Gasteiger partial charge in [0, 0.05) is 18.4 Å². The Bertz CT molecular complexity index is 223. The van der Waals surface area contributed by atoms with Crippen LogP contribution < -0.4 is 5.73 Å². The second-order valence-electron chi connectivity index (χ2n) is 2.99. The molecule has 0 fully saturated rings. The Morgan fingerprint density at radius 2 is 2.08 bits per heavy atom. The van der Waals surface area contributed by atoms with Gasteiger partial charge < -0.3 is 10.8 Å². The normalized spacial score (nSPS) is 15.6. The molecule has 0 spiro atoms. The maximum absolute atomic E-state index is 9.43. The minimum absolute atomic E-state index is 0.182. The van der Waals surface area contributed by atoms with E-state index in [1.165, 1.54) is 0 Å². The first kappa shape index (κ1) is 9.16. The first-order valence-electron chi connectivity index (χ1n) is 4.02. The third-order valence-corrected chi connectivity index (χ3v) is 1.80. The molecule has 0 aliphatic rings. The molecular formula is C9H14N2O. The fraction of sp³-hybridized carbons (Fsp3) is 0.444. The largest absolute Gasteiger partial charge is 0.391 e. The summed E-state index contributed by atoms with van der Waals surface area (Å²) >= 11 is 0. The predicted octanol–water partition coefficient (Wildman–Crippen LogP) is 0.332. The van der Waals surface area contributed by atoms with E-state index >= 15 is 0 Å². The quantitative estimate of drug-likeness (QED) is 0.680. The van der Waals surface area contributed by atoms with Crippen molar-refractivity contribution in [1.29, 1.82) is 0 Å². The Morgan fingerprint density at radius 1 is 1.50 bits per heavy atom. The van der Waals surface area contributed by atoms with Crippen molar-refractivity contribution in [2.24, 2.45) is 5.73 Å². The summed E-state index contributed by atoms with van der Waals surface area (Å²) in [6.45, 7) is 1.80. The first-order valence-corrected chi connectivity index (χ1v) is 4.02. The molecule has 0 aromatic carbocycles. The highest BCUT2D eigenvalue weighted by atomic mass is 16.3. The first-order chi connectivity index (χ1) is 5.70. The van der Waals surface area contributed by atoms with E-state index in [2.05, 4.69) is 4.98 Å². The number of aromatic nitrogens is 1. The van der Waals surface area contributed by atoms with Gasteiger partial charge in [-0.15, -0.1) is 0 Å². The number of hydrogen-bond donors (Lipinski definition) is 2. The van der Waals surface area contributed by atoms with Crippen LogP contribution in [0.5, 0.6) is 0 Å². The van der Waals surface area contributed by atoms with Gasteiger partial charge in [-0.05, 0) is 31.0 Å². The van der Waals surface area contributed by atoms with Crippen molar-refractivity contribution < 1.29 is 5.11 Å². The monoisotopic (exact) mass is 166 g/mol. The van der Waals surface area contributed by atoms with Crippen LogP contribution in [0.2, 0.25) is 0 Å². The van der Waals surface area contributed by atoms with Crippen molar-refractivity contribution in [3.8, 4) is 0 Å². The van der Waals surface area contributed by atoms with Gasteiger partial charge in [-0.25, -0.2) is 0 Å². The summed E-state index contributed by atoms with van der Waals surface area (Å²) in [5.74, 6) is 0. The second-order valence-corrected chi connectivity index (χ2v) is 2.99. The smallest absolute Gasteiger partial charge is 0.0728 e. The minimum atomic E-state index is -0.465. The van der Waals surface area contributed by atoms with Gasteiger partial charge in [-0.2, -0.15) is 0 Å². The zero-order valence-electron chi connectivity index (χ0n) is 7.14. The molecule has 1 heterocycles. The van der Waals surface area contributed by atoms with E-state index in [0.717, 1.165) is 5.56 Å². The Kier molecular flexibility index (Phi) is 3.19. The van der Waals surface area contributed by atoms with Crippen molar-refractivity contribution in [1.82, 2.24) is 4.98 Å². The SMILES string of the molecule is CC(N)C(O)Cc1ccncc1.